The Labute approximate surface area is 110 Å². The van der Waals surface area contributed by atoms with Crippen molar-refractivity contribution in [2.24, 2.45) is 11.1 Å². The number of benzene rings is 1. The fraction of sp³-hybridized carbons (Fsp3) is 0.538. The fourth-order valence-electron chi connectivity index (χ4n) is 1.46. The lowest BCUT2D eigenvalue weighted by Crippen LogP contribution is -2.32. The van der Waals surface area contributed by atoms with E-state index in [1.165, 1.54) is 0 Å². The van der Waals surface area contributed by atoms with Crippen molar-refractivity contribution in [2.75, 3.05) is 6.54 Å². The van der Waals surface area contributed by atoms with E-state index in [0.717, 1.165) is 11.1 Å². The van der Waals surface area contributed by atoms with Crippen molar-refractivity contribution in [1.29, 1.82) is 0 Å². The molecule has 1 aromatic rings. The molecule has 5 heteroatoms. The van der Waals surface area contributed by atoms with Crippen LogP contribution < -0.4 is 10.5 Å². The summed E-state index contributed by atoms with van der Waals surface area (Å²) < 4.78 is 26.8. The monoisotopic (exact) mass is 270 g/mol. The largest absolute Gasteiger partial charge is 0.326 e. The lowest BCUT2D eigenvalue weighted by molar-refractivity contribution is 0.407. The third kappa shape index (κ3) is 4.08. The quantitative estimate of drug-likeness (QED) is 0.876. The van der Waals surface area contributed by atoms with Crippen LogP contribution in [-0.2, 0) is 16.6 Å². The number of sulfonamides is 1. The summed E-state index contributed by atoms with van der Waals surface area (Å²) in [6.45, 7) is 8.65. The highest BCUT2D eigenvalue weighted by Gasteiger charge is 2.18. The van der Waals surface area contributed by atoms with Gasteiger partial charge in [0.15, 0.2) is 0 Å². The predicted octanol–water partition coefficient (Wildman–Crippen LogP) is 1.78. The molecule has 0 unspecified atom stereocenters. The zero-order valence-corrected chi connectivity index (χ0v) is 12.3. The van der Waals surface area contributed by atoms with Crippen molar-refractivity contribution in [3.05, 3.63) is 29.3 Å². The minimum atomic E-state index is -3.43. The lowest BCUT2D eigenvalue weighted by atomic mass is 9.98. The molecule has 3 N–H and O–H groups in total. The molecule has 0 amide bonds. The topological polar surface area (TPSA) is 72.2 Å². The third-order valence-corrected chi connectivity index (χ3v) is 4.04. The van der Waals surface area contributed by atoms with Gasteiger partial charge in [-0.2, -0.15) is 0 Å². The highest BCUT2D eigenvalue weighted by Crippen LogP contribution is 2.17. The first-order valence-electron chi connectivity index (χ1n) is 5.95. The molecule has 0 saturated carbocycles. The molecule has 4 nitrogen and oxygen atoms in total. The van der Waals surface area contributed by atoms with E-state index in [1.807, 2.05) is 27.7 Å². The van der Waals surface area contributed by atoms with Crippen molar-refractivity contribution < 1.29 is 8.42 Å². The molecule has 102 valence electrons. The van der Waals surface area contributed by atoms with Crippen molar-refractivity contribution >= 4 is 10.0 Å². The van der Waals surface area contributed by atoms with E-state index in [4.69, 9.17) is 5.73 Å². The summed E-state index contributed by atoms with van der Waals surface area (Å²) in [6.07, 6.45) is 0. The van der Waals surface area contributed by atoms with Crippen LogP contribution in [0.4, 0.5) is 0 Å². The molecule has 18 heavy (non-hydrogen) atoms. The van der Waals surface area contributed by atoms with Gasteiger partial charge in [-0.3, -0.25) is 0 Å². The van der Waals surface area contributed by atoms with Gasteiger partial charge < -0.3 is 5.73 Å². The molecule has 0 aliphatic rings. The van der Waals surface area contributed by atoms with Crippen LogP contribution in [0.1, 0.15) is 31.9 Å². The molecule has 0 aliphatic heterocycles. The van der Waals surface area contributed by atoms with E-state index in [9.17, 15) is 8.42 Å². The first-order valence-corrected chi connectivity index (χ1v) is 7.43. The van der Waals surface area contributed by atoms with Gasteiger partial charge >= 0.3 is 0 Å². The van der Waals surface area contributed by atoms with Crippen LogP contribution in [0.3, 0.4) is 0 Å². The summed E-state index contributed by atoms with van der Waals surface area (Å²) >= 11 is 0. The van der Waals surface area contributed by atoms with E-state index in [-0.39, 0.29) is 5.41 Å². The Bertz CT molecular complexity index is 516. The number of nitrogens with two attached hydrogens (primary N) is 1. The minimum Gasteiger partial charge on any atom is -0.326 e. The molecular formula is C13H22N2O2S. The van der Waals surface area contributed by atoms with Crippen LogP contribution in [0.25, 0.3) is 0 Å². The van der Waals surface area contributed by atoms with Crippen LogP contribution in [-0.4, -0.2) is 15.0 Å². The summed E-state index contributed by atoms with van der Waals surface area (Å²) in [6, 6.07) is 5.02. The Morgan fingerprint density at radius 1 is 1.28 bits per heavy atom. The van der Waals surface area contributed by atoms with Crippen molar-refractivity contribution in [3.63, 3.8) is 0 Å². The summed E-state index contributed by atoms with van der Waals surface area (Å²) in [5.74, 6) is 0. The standard InChI is InChI=1S/C13H22N2O2S/c1-10-7-12(6-5-11(10)8-14)18(16,17)15-9-13(2,3)4/h5-7,15H,8-9,14H2,1-4H3. The van der Waals surface area contributed by atoms with E-state index in [0.29, 0.717) is 18.0 Å². The molecule has 0 bridgehead atoms. The van der Waals surface area contributed by atoms with E-state index >= 15 is 0 Å². The van der Waals surface area contributed by atoms with Crippen LogP contribution in [0, 0.1) is 12.3 Å². The van der Waals surface area contributed by atoms with Gasteiger partial charge in [0.2, 0.25) is 10.0 Å². The molecule has 0 spiro atoms. The zero-order valence-electron chi connectivity index (χ0n) is 11.4. The number of hydrogen-bond donors (Lipinski definition) is 2. The summed E-state index contributed by atoms with van der Waals surface area (Å²) in [4.78, 5) is 0.293. The Hall–Kier alpha value is -0.910. The molecule has 0 fully saturated rings. The van der Waals surface area contributed by atoms with Crippen molar-refractivity contribution in [3.8, 4) is 0 Å². The zero-order chi connectivity index (χ0) is 14.0. The summed E-state index contributed by atoms with van der Waals surface area (Å²) in [7, 11) is -3.43. The second-order valence-electron chi connectivity index (χ2n) is 5.68. The maximum absolute atomic E-state index is 12.1. The molecule has 1 aromatic carbocycles. The van der Waals surface area contributed by atoms with Gasteiger partial charge in [0.05, 0.1) is 4.90 Å². The molecular weight excluding hydrogens is 248 g/mol. The maximum atomic E-state index is 12.1. The van der Waals surface area contributed by atoms with Crippen molar-refractivity contribution in [2.45, 2.75) is 39.1 Å². The highest BCUT2D eigenvalue weighted by molar-refractivity contribution is 7.89. The minimum absolute atomic E-state index is 0.0840. The van der Waals surface area contributed by atoms with Crippen molar-refractivity contribution in [1.82, 2.24) is 4.72 Å². The molecule has 0 atom stereocenters. The van der Waals surface area contributed by atoms with E-state index in [2.05, 4.69) is 4.72 Å². The molecule has 0 aromatic heterocycles. The van der Waals surface area contributed by atoms with Crippen LogP contribution >= 0.6 is 0 Å². The summed E-state index contributed by atoms with van der Waals surface area (Å²) in [5, 5.41) is 0. The Kier molecular flexibility index (Phi) is 4.53. The lowest BCUT2D eigenvalue weighted by Gasteiger charge is -2.19. The number of nitrogens with one attached hydrogen (secondary N) is 1. The number of hydrogen-bond acceptors (Lipinski definition) is 3. The first kappa shape index (κ1) is 15.1. The third-order valence-electron chi connectivity index (χ3n) is 2.64. The fourth-order valence-corrected chi connectivity index (χ4v) is 2.83. The molecule has 1 rings (SSSR count). The smallest absolute Gasteiger partial charge is 0.240 e. The Morgan fingerprint density at radius 2 is 1.89 bits per heavy atom. The molecule has 0 saturated heterocycles. The second-order valence-corrected chi connectivity index (χ2v) is 7.44. The molecule has 0 aliphatic carbocycles. The molecule has 0 radical (unpaired) electrons. The summed E-state index contributed by atoms with van der Waals surface area (Å²) in [5.41, 5.74) is 7.34. The number of rotatable bonds is 4. The SMILES string of the molecule is Cc1cc(S(=O)(=O)NCC(C)(C)C)ccc1CN. The normalized spacial score (nSPS) is 12.7. The van der Waals surface area contributed by atoms with Gasteiger partial charge in [-0.25, -0.2) is 13.1 Å². The van der Waals surface area contributed by atoms with Gasteiger partial charge in [0, 0.05) is 13.1 Å². The molecule has 0 heterocycles. The van der Waals surface area contributed by atoms with Gasteiger partial charge in [-0.05, 0) is 35.6 Å². The van der Waals surface area contributed by atoms with Gasteiger partial charge in [-0.1, -0.05) is 26.8 Å². The average Bonchev–Trinajstić information content (AvgIpc) is 2.25. The number of aryl methyl sites for hydroxylation is 1. The Balaban J connectivity index is 2.96. The average molecular weight is 270 g/mol. The first-order chi connectivity index (χ1) is 8.15. The van der Waals surface area contributed by atoms with Crippen LogP contribution in [0.15, 0.2) is 23.1 Å². The highest BCUT2D eigenvalue weighted by atomic mass is 32.2. The van der Waals surface area contributed by atoms with Gasteiger partial charge in [0.1, 0.15) is 0 Å². The van der Waals surface area contributed by atoms with E-state index < -0.39 is 10.0 Å². The Morgan fingerprint density at radius 3 is 2.33 bits per heavy atom. The van der Waals surface area contributed by atoms with E-state index in [1.54, 1.807) is 18.2 Å². The predicted molar refractivity (Wildman–Crippen MR) is 73.7 cm³/mol. The van der Waals surface area contributed by atoms with Crippen LogP contribution in [0.5, 0.6) is 0 Å². The second kappa shape index (κ2) is 5.38. The maximum Gasteiger partial charge on any atom is 0.240 e. The van der Waals surface area contributed by atoms with Crippen LogP contribution in [0.2, 0.25) is 0 Å². The van der Waals surface area contributed by atoms with Gasteiger partial charge in [-0.15, -0.1) is 0 Å². The van der Waals surface area contributed by atoms with Gasteiger partial charge in [0.25, 0.3) is 0 Å².